The first kappa shape index (κ1) is 13.8. The summed E-state index contributed by atoms with van der Waals surface area (Å²) in [6.45, 7) is 3.86. The molecule has 0 aliphatic heterocycles. The Morgan fingerprint density at radius 2 is 1.90 bits per heavy atom. The Bertz CT molecular complexity index is 829. The molecule has 0 unspecified atom stereocenters. The van der Waals surface area contributed by atoms with E-state index in [0.717, 1.165) is 21.4 Å². The molecular weight excluding hydrogens is 363 g/mol. The molecule has 0 bridgehead atoms. The van der Waals surface area contributed by atoms with E-state index in [4.69, 9.17) is 23.2 Å². The number of rotatable bonds is 1. The first-order valence-corrected chi connectivity index (χ1v) is 7.37. The van der Waals surface area contributed by atoms with Gasteiger partial charge < -0.3 is 0 Å². The van der Waals surface area contributed by atoms with E-state index < -0.39 is 0 Å². The maximum atomic E-state index is 6.13. The summed E-state index contributed by atoms with van der Waals surface area (Å²) >= 11 is 15.7. The van der Waals surface area contributed by atoms with Gasteiger partial charge in [0.1, 0.15) is 0 Å². The third-order valence-corrected chi connectivity index (χ3v) is 4.32. The third kappa shape index (κ3) is 2.10. The predicted octanol–water partition coefficient (Wildman–Crippen LogP) is 4.48. The van der Waals surface area contributed by atoms with Crippen LogP contribution in [0, 0.1) is 13.8 Å². The molecule has 3 aromatic rings. The summed E-state index contributed by atoms with van der Waals surface area (Å²) in [5, 5.41) is 9.32. The second-order valence-electron chi connectivity index (χ2n) is 4.38. The van der Waals surface area contributed by atoms with Crippen molar-refractivity contribution in [2.75, 3.05) is 0 Å². The molecule has 0 spiro atoms. The average Bonchev–Trinajstić information content (AvgIpc) is 2.84. The lowest BCUT2D eigenvalue weighted by Gasteiger charge is -2.08. The van der Waals surface area contributed by atoms with Gasteiger partial charge in [-0.3, -0.25) is 4.40 Å². The molecule has 0 saturated heterocycles. The molecule has 2 heterocycles. The molecule has 20 heavy (non-hydrogen) atoms. The van der Waals surface area contributed by atoms with Gasteiger partial charge in [0.25, 0.3) is 0 Å². The number of nitrogens with zero attached hydrogens (tertiary/aromatic N) is 4. The van der Waals surface area contributed by atoms with Crippen LogP contribution in [0.5, 0.6) is 0 Å². The van der Waals surface area contributed by atoms with Gasteiger partial charge in [0.05, 0.1) is 5.69 Å². The Labute approximate surface area is 133 Å². The highest BCUT2D eigenvalue weighted by Gasteiger charge is 2.17. The van der Waals surface area contributed by atoms with Crippen LogP contribution in [0.4, 0.5) is 0 Å². The van der Waals surface area contributed by atoms with E-state index in [1.54, 1.807) is 0 Å². The van der Waals surface area contributed by atoms with Gasteiger partial charge in [-0.15, -0.1) is 10.2 Å². The second kappa shape index (κ2) is 4.98. The Hall–Kier alpha value is -1.17. The molecule has 0 saturated carbocycles. The molecule has 102 valence electrons. The van der Waals surface area contributed by atoms with Crippen molar-refractivity contribution in [3.8, 4) is 11.4 Å². The lowest BCUT2D eigenvalue weighted by atomic mass is 10.2. The summed E-state index contributed by atoms with van der Waals surface area (Å²) in [6, 6.07) is 5.53. The fourth-order valence-electron chi connectivity index (χ4n) is 2.02. The van der Waals surface area contributed by atoms with Crippen molar-refractivity contribution >= 4 is 44.8 Å². The molecule has 0 aliphatic carbocycles. The molecule has 1 aromatic carbocycles. The number of fused-ring (bicyclic) bond motifs is 1. The molecule has 3 rings (SSSR count). The van der Waals surface area contributed by atoms with Gasteiger partial charge in [-0.25, -0.2) is 4.98 Å². The predicted molar refractivity (Wildman–Crippen MR) is 83.4 cm³/mol. The van der Waals surface area contributed by atoms with Crippen LogP contribution in [-0.4, -0.2) is 19.6 Å². The highest BCUT2D eigenvalue weighted by molar-refractivity contribution is 9.10. The van der Waals surface area contributed by atoms with Crippen LogP contribution >= 0.6 is 39.1 Å². The molecule has 0 atom stereocenters. The van der Waals surface area contributed by atoms with Crippen molar-refractivity contribution in [3.05, 3.63) is 44.2 Å². The molecule has 7 heteroatoms. The van der Waals surface area contributed by atoms with Crippen molar-refractivity contribution in [3.63, 3.8) is 0 Å². The van der Waals surface area contributed by atoms with Crippen LogP contribution in [0.15, 0.2) is 22.7 Å². The van der Waals surface area contributed by atoms with E-state index in [0.29, 0.717) is 21.6 Å². The van der Waals surface area contributed by atoms with Crippen molar-refractivity contribution < 1.29 is 0 Å². The van der Waals surface area contributed by atoms with Crippen LogP contribution in [0.2, 0.25) is 10.2 Å². The zero-order chi connectivity index (χ0) is 14.4. The van der Waals surface area contributed by atoms with Crippen LogP contribution in [0.3, 0.4) is 0 Å². The molecule has 0 N–H and O–H groups in total. The summed E-state index contributed by atoms with van der Waals surface area (Å²) in [6.07, 6.45) is 0. The summed E-state index contributed by atoms with van der Waals surface area (Å²) in [7, 11) is 0. The summed E-state index contributed by atoms with van der Waals surface area (Å²) in [5.41, 5.74) is 3.17. The van der Waals surface area contributed by atoms with Crippen molar-refractivity contribution in [2.45, 2.75) is 13.8 Å². The van der Waals surface area contributed by atoms with Gasteiger partial charge in [0.15, 0.2) is 16.6 Å². The Balaban J connectivity index is 2.41. The van der Waals surface area contributed by atoms with Gasteiger partial charge in [0.2, 0.25) is 0 Å². The molecule has 4 nitrogen and oxygen atoms in total. The highest BCUT2D eigenvalue weighted by atomic mass is 79.9. The maximum absolute atomic E-state index is 6.13. The third-order valence-electron chi connectivity index (χ3n) is 3.14. The fourth-order valence-corrected chi connectivity index (χ4v) is 2.86. The van der Waals surface area contributed by atoms with Crippen molar-refractivity contribution in [1.29, 1.82) is 0 Å². The average molecular weight is 372 g/mol. The molecule has 0 fully saturated rings. The minimum absolute atomic E-state index is 0.338. The standard InChI is InChI=1S/C13H9BrCl2N4/c1-6-7(2)20-12(18-19-13(20)11(16)17-6)9-5-8(15)3-4-10(9)14/h3-5H,1-2H3. The number of halogens is 3. The molecule has 0 amide bonds. The summed E-state index contributed by atoms with van der Waals surface area (Å²) in [4.78, 5) is 4.25. The normalized spacial score (nSPS) is 11.2. The number of benzene rings is 1. The lowest BCUT2D eigenvalue weighted by Crippen LogP contribution is -2.01. The van der Waals surface area contributed by atoms with E-state index in [1.807, 2.05) is 36.4 Å². The van der Waals surface area contributed by atoms with Gasteiger partial charge in [0, 0.05) is 20.8 Å². The topological polar surface area (TPSA) is 43.1 Å². The zero-order valence-corrected chi connectivity index (χ0v) is 13.8. The van der Waals surface area contributed by atoms with E-state index in [-0.39, 0.29) is 0 Å². The summed E-state index contributed by atoms with van der Waals surface area (Å²) < 4.78 is 2.78. The summed E-state index contributed by atoms with van der Waals surface area (Å²) in [5.74, 6) is 0.680. The molecule has 0 aliphatic rings. The molecular formula is C13H9BrCl2N4. The monoisotopic (exact) mass is 370 g/mol. The van der Waals surface area contributed by atoms with E-state index in [2.05, 4.69) is 31.1 Å². The number of aromatic nitrogens is 4. The Morgan fingerprint density at radius 3 is 2.65 bits per heavy atom. The van der Waals surface area contributed by atoms with E-state index >= 15 is 0 Å². The fraction of sp³-hybridized carbons (Fsp3) is 0.154. The van der Waals surface area contributed by atoms with Gasteiger partial charge in [-0.05, 0) is 32.0 Å². The van der Waals surface area contributed by atoms with Crippen LogP contribution in [-0.2, 0) is 0 Å². The van der Waals surface area contributed by atoms with Gasteiger partial charge in [-0.1, -0.05) is 39.1 Å². The Kier molecular flexibility index (Phi) is 3.44. The second-order valence-corrected chi connectivity index (χ2v) is 6.03. The van der Waals surface area contributed by atoms with Crippen molar-refractivity contribution in [1.82, 2.24) is 19.6 Å². The van der Waals surface area contributed by atoms with Crippen LogP contribution in [0.1, 0.15) is 11.4 Å². The lowest BCUT2D eigenvalue weighted by molar-refractivity contribution is 0.999. The quantitative estimate of drug-likeness (QED) is 0.633. The Morgan fingerprint density at radius 1 is 1.15 bits per heavy atom. The smallest absolute Gasteiger partial charge is 0.199 e. The zero-order valence-electron chi connectivity index (χ0n) is 10.7. The minimum Gasteiger partial charge on any atom is -0.275 e. The molecule has 2 aromatic heterocycles. The number of aryl methyl sites for hydroxylation is 2. The van der Waals surface area contributed by atoms with Crippen LogP contribution in [0.25, 0.3) is 17.0 Å². The van der Waals surface area contributed by atoms with E-state index in [9.17, 15) is 0 Å². The van der Waals surface area contributed by atoms with E-state index in [1.165, 1.54) is 0 Å². The molecule has 0 radical (unpaired) electrons. The SMILES string of the molecule is Cc1nc(Cl)c2nnc(-c3cc(Cl)ccc3Br)n2c1C. The highest BCUT2D eigenvalue weighted by Crippen LogP contribution is 2.31. The van der Waals surface area contributed by atoms with Crippen molar-refractivity contribution in [2.24, 2.45) is 0 Å². The first-order valence-electron chi connectivity index (χ1n) is 5.82. The van der Waals surface area contributed by atoms with Gasteiger partial charge >= 0.3 is 0 Å². The largest absolute Gasteiger partial charge is 0.275 e. The number of hydrogen-bond donors (Lipinski definition) is 0. The minimum atomic E-state index is 0.338. The number of hydrogen-bond acceptors (Lipinski definition) is 3. The maximum Gasteiger partial charge on any atom is 0.199 e. The first-order chi connectivity index (χ1) is 9.49. The van der Waals surface area contributed by atoms with Crippen LogP contribution < -0.4 is 0 Å². The van der Waals surface area contributed by atoms with Gasteiger partial charge in [-0.2, -0.15) is 0 Å².